The van der Waals surface area contributed by atoms with E-state index in [-0.39, 0.29) is 5.78 Å². The molecule has 134 valence electrons. The largest absolute Gasteiger partial charge is 0.497 e. The fraction of sp³-hybridized carbons (Fsp3) is 0.130. The number of ketones is 1. The van der Waals surface area contributed by atoms with E-state index in [9.17, 15) is 4.79 Å². The fourth-order valence-corrected chi connectivity index (χ4v) is 3.55. The lowest BCUT2D eigenvalue weighted by atomic mass is 9.96. The molecule has 4 heteroatoms. The number of nitrogens with one attached hydrogen (secondary N) is 1. The summed E-state index contributed by atoms with van der Waals surface area (Å²) in [4.78, 5) is 15.3. The predicted octanol–water partition coefficient (Wildman–Crippen LogP) is 4.46. The van der Waals surface area contributed by atoms with Crippen molar-refractivity contribution in [3.05, 3.63) is 101 Å². The highest BCUT2D eigenvalue weighted by Gasteiger charge is 2.35. The maximum Gasteiger partial charge on any atom is 0.189 e. The highest BCUT2D eigenvalue weighted by atomic mass is 16.5. The molecule has 1 aliphatic heterocycles. The van der Waals surface area contributed by atoms with E-state index in [1.54, 1.807) is 31.4 Å². The smallest absolute Gasteiger partial charge is 0.189 e. The Morgan fingerprint density at radius 1 is 0.963 bits per heavy atom. The summed E-state index contributed by atoms with van der Waals surface area (Å²) >= 11 is 0. The van der Waals surface area contributed by atoms with Crippen molar-refractivity contribution in [3.8, 4) is 5.75 Å². The SMILES string of the molecule is COc1ccc(C(=O)C(c2ccccc2)N2Cc3ccccc3C2=N)cc1. The van der Waals surface area contributed by atoms with Gasteiger partial charge in [0, 0.05) is 17.7 Å². The Kier molecular flexibility index (Phi) is 4.47. The number of ether oxygens (including phenoxy) is 1. The minimum Gasteiger partial charge on any atom is -0.497 e. The first kappa shape index (κ1) is 17.0. The van der Waals surface area contributed by atoms with Crippen LogP contribution >= 0.6 is 0 Å². The molecule has 0 aromatic heterocycles. The number of fused-ring (bicyclic) bond motifs is 1. The molecule has 0 bridgehead atoms. The van der Waals surface area contributed by atoms with E-state index in [0.717, 1.165) is 16.7 Å². The second kappa shape index (κ2) is 7.08. The minimum absolute atomic E-state index is 0.0265. The molecule has 0 radical (unpaired) electrons. The summed E-state index contributed by atoms with van der Waals surface area (Å²) in [5, 5.41) is 8.64. The van der Waals surface area contributed by atoms with Gasteiger partial charge in [0.25, 0.3) is 0 Å². The number of carbonyl (C=O) groups excluding carboxylic acids is 1. The summed E-state index contributed by atoms with van der Waals surface area (Å²) in [5.74, 6) is 1.08. The predicted molar refractivity (Wildman–Crippen MR) is 105 cm³/mol. The van der Waals surface area contributed by atoms with Gasteiger partial charge in [-0.25, -0.2) is 0 Å². The molecule has 1 heterocycles. The fourth-order valence-electron chi connectivity index (χ4n) is 3.55. The van der Waals surface area contributed by atoms with Gasteiger partial charge in [-0.2, -0.15) is 0 Å². The van der Waals surface area contributed by atoms with Crippen LogP contribution in [0, 0.1) is 5.41 Å². The Morgan fingerprint density at radius 3 is 2.30 bits per heavy atom. The second-order valence-corrected chi connectivity index (χ2v) is 6.54. The summed E-state index contributed by atoms with van der Waals surface area (Å²) in [7, 11) is 1.60. The Bertz CT molecular complexity index is 981. The molecule has 27 heavy (non-hydrogen) atoms. The van der Waals surface area contributed by atoms with Crippen molar-refractivity contribution < 1.29 is 9.53 Å². The first-order valence-corrected chi connectivity index (χ1v) is 8.85. The van der Waals surface area contributed by atoms with Gasteiger partial charge >= 0.3 is 0 Å². The zero-order valence-corrected chi connectivity index (χ0v) is 15.1. The molecule has 3 aromatic rings. The number of carbonyl (C=O) groups is 1. The average molecular weight is 356 g/mol. The van der Waals surface area contributed by atoms with Crippen molar-refractivity contribution in [1.29, 1.82) is 5.41 Å². The lowest BCUT2D eigenvalue weighted by Crippen LogP contribution is -2.34. The van der Waals surface area contributed by atoms with Crippen LogP contribution in [0.5, 0.6) is 5.75 Å². The van der Waals surface area contributed by atoms with Gasteiger partial charge in [0.05, 0.1) is 7.11 Å². The van der Waals surface area contributed by atoms with Crippen molar-refractivity contribution in [2.45, 2.75) is 12.6 Å². The van der Waals surface area contributed by atoms with Crippen LogP contribution < -0.4 is 4.74 Å². The van der Waals surface area contributed by atoms with E-state index in [2.05, 4.69) is 0 Å². The zero-order chi connectivity index (χ0) is 18.8. The molecule has 0 saturated carbocycles. The highest BCUT2D eigenvalue weighted by Crippen LogP contribution is 2.33. The number of nitrogens with zero attached hydrogens (tertiary/aromatic N) is 1. The van der Waals surface area contributed by atoms with E-state index in [1.165, 1.54) is 0 Å². The van der Waals surface area contributed by atoms with Crippen LogP contribution in [0.1, 0.15) is 33.1 Å². The lowest BCUT2D eigenvalue weighted by Gasteiger charge is -2.29. The standard InChI is InChI=1S/C23H20N2O2/c1-27-19-13-11-17(12-14-19)22(26)21(16-7-3-2-4-8-16)25-15-18-9-5-6-10-20(18)23(25)24/h2-14,21,24H,15H2,1H3. The molecule has 1 atom stereocenters. The summed E-state index contributed by atoms with van der Waals surface area (Å²) in [6.07, 6.45) is 0. The lowest BCUT2D eigenvalue weighted by molar-refractivity contribution is 0.0886. The zero-order valence-electron chi connectivity index (χ0n) is 15.1. The van der Waals surface area contributed by atoms with Crippen LogP contribution in [0.3, 0.4) is 0 Å². The number of rotatable bonds is 5. The van der Waals surface area contributed by atoms with Gasteiger partial charge in [-0.3, -0.25) is 10.2 Å². The highest BCUT2D eigenvalue weighted by molar-refractivity contribution is 6.07. The molecule has 0 aliphatic carbocycles. The van der Waals surface area contributed by atoms with Crippen molar-refractivity contribution in [3.63, 3.8) is 0 Å². The first-order valence-electron chi connectivity index (χ1n) is 8.85. The molecule has 1 N–H and O–H groups in total. The molecular formula is C23H20N2O2. The number of amidine groups is 1. The number of benzene rings is 3. The van der Waals surface area contributed by atoms with Crippen LogP contribution in [-0.4, -0.2) is 23.6 Å². The van der Waals surface area contributed by atoms with Gasteiger partial charge in [-0.1, -0.05) is 54.6 Å². The third kappa shape index (κ3) is 3.10. The topological polar surface area (TPSA) is 53.4 Å². The molecule has 0 spiro atoms. The molecule has 0 saturated heterocycles. The van der Waals surface area contributed by atoms with Crippen LogP contribution in [0.25, 0.3) is 0 Å². The Hall–Kier alpha value is -3.40. The van der Waals surface area contributed by atoms with Gasteiger partial charge in [-0.15, -0.1) is 0 Å². The Morgan fingerprint density at radius 2 is 1.63 bits per heavy atom. The van der Waals surface area contributed by atoms with Gasteiger partial charge in [0.15, 0.2) is 5.78 Å². The average Bonchev–Trinajstić information content (AvgIpc) is 3.05. The molecule has 4 rings (SSSR count). The van der Waals surface area contributed by atoms with Crippen LogP contribution in [0.15, 0.2) is 78.9 Å². The van der Waals surface area contributed by atoms with Crippen LogP contribution in [0.2, 0.25) is 0 Å². The van der Waals surface area contributed by atoms with Gasteiger partial charge in [-0.05, 0) is 35.4 Å². The number of Topliss-reactive ketones (excluding diaryl/α,β-unsaturated/α-hetero) is 1. The van der Waals surface area contributed by atoms with Gasteiger partial charge < -0.3 is 9.64 Å². The van der Waals surface area contributed by atoms with E-state index in [1.807, 2.05) is 59.5 Å². The molecule has 0 amide bonds. The summed E-state index contributed by atoms with van der Waals surface area (Å²) in [6.45, 7) is 0.552. The molecule has 1 aliphatic rings. The normalized spacial score (nSPS) is 14.0. The third-order valence-corrected chi connectivity index (χ3v) is 4.95. The number of hydrogen-bond donors (Lipinski definition) is 1. The third-order valence-electron chi connectivity index (χ3n) is 4.95. The second-order valence-electron chi connectivity index (χ2n) is 6.54. The molecule has 1 unspecified atom stereocenters. The van der Waals surface area contributed by atoms with E-state index in [0.29, 0.717) is 23.7 Å². The Balaban J connectivity index is 1.74. The van der Waals surface area contributed by atoms with Crippen LogP contribution in [0.4, 0.5) is 0 Å². The number of methoxy groups -OCH3 is 1. The van der Waals surface area contributed by atoms with Crippen molar-refractivity contribution in [1.82, 2.24) is 4.90 Å². The summed E-state index contributed by atoms with van der Waals surface area (Å²) < 4.78 is 5.20. The maximum absolute atomic E-state index is 13.4. The van der Waals surface area contributed by atoms with Crippen molar-refractivity contribution in [2.75, 3.05) is 7.11 Å². The van der Waals surface area contributed by atoms with Crippen LogP contribution in [-0.2, 0) is 6.54 Å². The van der Waals surface area contributed by atoms with Crippen molar-refractivity contribution in [2.24, 2.45) is 0 Å². The minimum atomic E-state index is -0.542. The molecule has 4 nitrogen and oxygen atoms in total. The molecule has 0 fully saturated rings. The summed E-state index contributed by atoms with van der Waals surface area (Å²) in [5.41, 5.74) is 3.45. The van der Waals surface area contributed by atoms with Crippen molar-refractivity contribution >= 4 is 11.6 Å². The van der Waals surface area contributed by atoms with Gasteiger partial charge in [0.1, 0.15) is 17.6 Å². The Labute approximate surface area is 158 Å². The maximum atomic E-state index is 13.4. The molecular weight excluding hydrogens is 336 g/mol. The number of hydrogen-bond acceptors (Lipinski definition) is 3. The van der Waals surface area contributed by atoms with E-state index >= 15 is 0 Å². The summed E-state index contributed by atoms with van der Waals surface area (Å²) in [6, 6.07) is 24.1. The van der Waals surface area contributed by atoms with Gasteiger partial charge in [0.2, 0.25) is 0 Å². The van der Waals surface area contributed by atoms with E-state index < -0.39 is 6.04 Å². The quantitative estimate of drug-likeness (QED) is 0.687. The van der Waals surface area contributed by atoms with E-state index in [4.69, 9.17) is 10.1 Å². The first-order chi connectivity index (χ1) is 13.2. The monoisotopic (exact) mass is 356 g/mol. The molecule has 3 aromatic carbocycles.